The normalized spacial score (nSPS) is 11.8. The van der Waals surface area contributed by atoms with Gasteiger partial charge in [-0.2, -0.15) is 26.3 Å². The third-order valence-electron chi connectivity index (χ3n) is 4.81. The third-order valence-corrected chi connectivity index (χ3v) is 4.81. The predicted molar refractivity (Wildman–Crippen MR) is 118 cm³/mol. The van der Waals surface area contributed by atoms with Crippen LogP contribution in [-0.2, 0) is 17.1 Å². The van der Waals surface area contributed by atoms with Crippen molar-refractivity contribution in [2.45, 2.75) is 12.4 Å². The molecule has 0 N–H and O–H groups in total. The van der Waals surface area contributed by atoms with Gasteiger partial charge in [-0.3, -0.25) is 10.1 Å². The van der Waals surface area contributed by atoms with E-state index in [2.05, 4.69) is 0 Å². The van der Waals surface area contributed by atoms with Crippen molar-refractivity contribution in [1.29, 1.82) is 0 Å². The van der Waals surface area contributed by atoms with E-state index < -0.39 is 51.1 Å². The van der Waals surface area contributed by atoms with Crippen LogP contribution in [0.2, 0.25) is 0 Å². The molecule has 0 bridgehead atoms. The molecule has 0 aliphatic rings. The van der Waals surface area contributed by atoms with E-state index in [1.165, 1.54) is 12.1 Å². The van der Waals surface area contributed by atoms with E-state index in [0.717, 1.165) is 78.9 Å². The number of esters is 1. The summed E-state index contributed by atoms with van der Waals surface area (Å²) in [7, 11) is 0. The maximum Gasteiger partial charge on any atom is 0.417 e. The number of hydrogen-bond donors (Lipinski definition) is 0. The van der Waals surface area contributed by atoms with Crippen LogP contribution in [0.1, 0.15) is 22.3 Å². The number of allylic oxidation sites excluding steroid dienone is 2. The average Bonchev–Trinajstić information content (AvgIpc) is 2.81. The Morgan fingerprint density at radius 3 is 1.69 bits per heavy atom. The van der Waals surface area contributed by atoms with E-state index in [4.69, 9.17) is 4.74 Å². The molecule has 0 aliphatic heterocycles. The van der Waals surface area contributed by atoms with Gasteiger partial charge in [0, 0.05) is 18.2 Å². The maximum atomic E-state index is 13.6. The van der Waals surface area contributed by atoms with Gasteiger partial charge >= 0.3 is 18.3 Å². The Morgan fingerprint density at radius 2 is 1.25 bits per heavy atom. The molecule has 0 amide bonds. The summed E-state index contributed by atoms with van der Waals surface area (Å²) in [5.74, 6) is -1.06. The number of non-ortho nitro benzene ring substituents is 1. The lowest BCUT2D eigenvalue weighted by Gasteiger charge is -2.19. The molecule has 186 valence electrons. The monoisotopic (exact) mass is 507 g/mol. The standard InChI is InChI=1S/C25H15F6NO4/c26-24(27,28)21-9-3-1-6-19(21)18(20-7-2-4-10-22(20)25(29,30)31)8-5-11-23(33)36-17-14-12-16(13-15-17)32(34)35/h1-15H/b11-5+. The minimum Gasteiger partial charge on any atom is -0.423 e. The highest BCUT2D eigenvalue weighted by Crippen LogP contribution is 2.41. The molecule has 36 heavy (non-hydrogen) atoms. The molecule has 3 aromatic rings. The topological polar surface area (TPSA) is 69.4 Å². The summed E-state index contributed by atoms with van der Waals surface area (Å²) in [5.41, 5.74) is -4.02. The van der Waals surface area contributed by atoms with Crippen LogP contribution in [0, 0.1) is 10.1 Å². The lowest BCUT2D eigenvalue weighted by atomic mass is 9.90. The van der Waals surface area contributed by atoms with Gasteiger partial charge in [0.2, 0.25) is 0 Å². The van der Waals surface area contributed by atoms with Crippen molar-refractivity contribution < 1.29 is 40.8 Å². The van der Waals surface area contributed by atoms with Crippen molar-refractivity contribution in [2.24, 2.45) is 0 Å². The number of nitro groups is 1. The second kappa shape index (κ2) is 10.5. The number of benzene rings is 3. The molecule has 5 nitrogen and oxygen atoms in total. The van der Waals surface area contributed by atoms with E-state index in [-0.39, 0.29) is 11.4 Å². The predicted octanol–water partition coefficient (Wildman–Crippen LogP) is 7.23. The highest BCUT2D eigenvalue weighted by molar-refractivity contribution is 5.87. The molecule has 0 unspecified atom stereocenters. The number of halogens is 6. The van der Waals surface area contributed by atoms with E-state index in [0.29, 0.717) is 0 Å². The first-order valence-electron chi connectivity index (χ1n) is 10.1. The fraction of sp³-hybridized carbons (Fsp3) is 0.0800. The second-order valence-electron chi connectivity index (χ2n) is 7.20. The lowest BCUT2D eigenvalue weighted by Crippen LogP contribution is -2.12. The van der Waals surface area contributed by atoms with Gasteiger partial charge in [0.15, 0.2) is 0 Å². The van der Waals surface area contributed by atoms with Crippen LogP contribution >= 0.6 is 0 Å². The summed E-state index contributed by atoms with van der Waals surface area (Å²) in [6.07, 6.45) is -7.01. The molecule has 0 aliphatic carbocycles. The maximum absolute atomic E-state index is 13.6. The molecule has 0 saturated carbocycles. The Labute approximate surface area is 200 Å². The number of ether oxygens (including phenoxy) is 1. The SMILES string of the molecule is O=C(/C=C/C=C(c1ccccc1C(F)(F)F)c1ccccc1C(F)(F)F)Oc1ccc([N+](=O)[O-])cc1. The quantitative estimate of drug-likeness (QED) is 0.0672. The lowest BCUT2D eigenvalue weighted by molar-refractivity contribution is -0.384. The molecule has 0 fully saturated rings. The third kappa shape index (κ3) is 6.38. The molecule has 0 aromatic heterocycles. The zero-order valence-electron chi connectivity index (χ0n) is 18.0. The summed E-state index contributed by atoms with van der Waals surface area (Å²) < 4.78 is 86.8. The van der Waals surface area contributed by atoms with Gasteiger partial charge in [-0.05, 0) is 41.0 Å². The van der Waals surface area contributed by atoms with Crippen molar-refractivity contribution >= 4 is 17.2 Å². The minimum atomic E-state index is -4.86. The van der Waals surface area contributed by atoms with Gasteiger partial charge in [0.1, 0.15) is 5.75 Å². The van der Waals surface area contributed by atoms with Crippen molar-refractivity contribution in [3.05, 3.63) is 123 Å². The minimum absolute atomic E-state index is 0.0516. The van der Waals surface area contributed by atoms with Gasteiger partial charge < -0.3 is 4.74 Å². The largest absolute Gasteiger partial charge is 0.423 e. The van der Waals surface area contributed by atoms with Gasteiger partial charge in [-0.1, -0.05) is 48.6 Å². The number of hydrogen-bond acceptors (Lipinski definition) is 4. The molecule has 0 radical (unpaired) electrons. The number of carbonyl (C=O) groups is 1. The fourth-order valence-corrected chi connectivity index (χ4v) is 3.26. The van der Waals surface area contributed by atoms with Crippen LogP contribution in [0.15, 0.2) is 91.0 Å². The second-order valence-corrected chi connectivity index (χ2v) is 7.20. The van der Waals surface area contributed by atoms with Gasteiger partial charge in [-0.15, -0.1) is 0 Å². The average molecular weight is 507 g/mol. The molecule has 0 heterocycles. The Kier molecular flexibility index (Phi) is 7.62. The molecule has 3 rings (SSSR count). The van der Waals surface area contributed by atoms with Gasteiger partial charge in [0.25, 0.3) is 5.69 Å². The molecule has 0 atom stereocenters. The van der Waals surface area contributed by atoms with Crippen LogP contribution < -0.4 is 4.74 Å². The molecule has 11 heteroatoms. The number of rotatable bonds is 6. The number of carbonyl (C=O) groups excluding carboxylic acids is 1. The smallest absolute Gasteiger partial charge is 0.417 e. The Bertz CT molecular complexity index is 1270. The number of alkyl halides is 6. The van der Waals surface area contributed by atoms with Crippen LogP contribution in [0.25, 0.3) is 5.57 Å². The molecule has 0 spiro atoms. The van der Waals surface area contributed by atoms with E-state index in [1.807, 2.05) is 0 Å². The van der Waals surface area contributed by atoms with E-state index in [1.54, 1.807) is 0 Å². The summed E-state index contributed by atoms with van der Waals surface area (Å²) in [5, 5.41) is 10.7. The summed E-state index contributed by atoms with van der Waals surface area (Å²) in [4.78, 5) is 22.1. The Balaban J connectivity index is 2.03. The Morgan fingerprint density at radius 1 is 0.778 bits per heavy atom. The van der Waals surface area contributed by atoms with Gasteiger partial charge in [-0.25, -0.2) is 4.79 Å². The highest BCUT2D eigenvalue weighted by Gasteiger charge is 2.37. The van der Waals surface area contributed by atoms with Crippen molar-refractivity contribution in [2.75, 3.05) is 0 Å². The summed E-state index contributed by atoms with van der Waals surface area (Å²) in [6, 6.07) is 12.8. The summed E-state index contributed by atoms with van der Waals surface area (Å²) >= 11 is 0. The first-order chi connectivity index (χ1) is 16.9. The van der Waals surface area contributed by atoms with Crippen molar-refractivity contribution in [1.82, 2.24) is 0 Å². The van der Waals surface area contributed by atoms with Crippen molar-refractivity contribution in [3.8, 4) is 5.75 Å². The number of nitro benzene ring substituents is 1. The van der Waals surface area contributed by atoms with Gasteiger partial charge in [0.05, 0.1) is 16.1 Å². The highest BCUT2D eigenvalue weighted by atomic mass is 19.4. The van der Waals surface area contributed by atoms with Crippen LogP contribution in [0.4, 0.5) is 32.0 Å². The van der Waals surface area contributed by atoms with Crippen molar-refractivity contribution in [3.63, 3.8) is 0 Å². The zero-order chi connectivity index (χ0) is 26.5. The Hall–Kier alpha value is -4.41. The first-order valence-corrected chi connectivity index (χ1v) is 10.1. The molecular formula is C25H15F6NO4. The van der Waals surface area contributed by atoms with Crippen LogP contribution in [0.3, 0.4) is 0 Å². The molecule has 3 aromatic carbocycles. The van der Waals surface area contributed by atoms with Crippen LogP contribution in [0.5, 0.6) is 5.75 Å². The fourth-order valence-electron chi connectivity index (χ4n) is 3.26. The van der Waals surface area contributed by atoms with E-state index in [9.17, 15) is 41.3 Å². The first kappa shape index (κ1) is 26.2. The van der Waals surface area contributed by atoms with Crippen LogP contribution in [-0.4, -0.2) is 10.9 Å². The van der Waals surface area contributed by atoms with E-state index >= 15 is 0 Å². The summed E-state index contributed by atoms with van der Waals surface area (Å²) in [6.45, 7) is 0. The zero-order valence-corrected chi connectivity index (χ0v) is 18.0. The number of nitrogens with zero attached hydrogens (tertiary/aromatic N) is 1. The molecule has 0 saturated heterocycles. The molecular weight excluding hydrogens is 492 g/mol.